The summed E-state index contributed by atoms with van der Waals surface area (Å²) in [6.07, 6.45) is -2.75. The lowest BCUT2D eigenvalue weighted by Crippen LogP contribution is -2.21. The van der Waals surface area contributed by atoms with E-state index in [-0.39, 0.29) is 6.10 Å². The summed E-state index contributed by atoms with van der Waals surface area (Å²) >= 11 is 5.38. The van der Waals surface area contributed by atoms with Crippen LogP contribution in [0.25, 0.3) is 11.1 Å². The summed E-state index contributed by atoms with van der Waals surface area (Å²) in [5, 5.41) is -1.18. The molecule has 0 bridgehead atoms. The number of carbonyl (C=O) groups is 1. The standard InChI is InChI=1S/C24H22ClF3O2/c1-23(2)19(13-20(25)24(26,27)28)21(23)22(29)30-16-11-15-9-6-10-17(18(15)12-16)14-7-4-3-5-8-14/h3-10,13,16,19,21H,11-12H2,1-2H3/b20-13-. The van der Waals surface area contributed by atoms with Crippen LogP contribution in [0.3, 0.4) is 0 Å². The van der Waals surface area contributed by atoms with Crippen LogP contribution in [0.5, 0.6) is 0 Å². The maximum absolute atomic E-state index is 12.8. The summed E-state index contributed by atoms with van der Waals surface area (Å²) in [6.45, 7) is 3.52. The summed E-state index contributed by atoms with van der Waals surface area (Å²) in [5.74, 6) is -1.65. The van der Waals surface area contributed by atoms with Gasteiger partial charge in [0.1, 0.15) is 11.1 Å². The van der Waals surface area contributed by atoms with E-state index < -0.39 is 34.4 Å². The Kier molecular flexibility index (Phi) is 5.21. The van der Waals surface area contributed by atoms with Crippen LogP contribution in [-0.4, -0.2) is 18.2 Å². The van der Waals surface area contributed by atoms with Gasteiger partial charge in [0.2, 0.25) is 0 Å². The molecule has 2 aromatic rings. The molecule has 0 heterocycles. The normalized spacial score (nSPS) is 25.0. The zero-order valence-corrected chi connectivity index (χ0v) is 17.4. The lowest BCUT2D eigenvalue weighted by atomic mass is 9.97. The summed E-state index contributed by atoms with van der Waals surface area (Å²) in [5.41, 5.74) is 3.92. The molecule has 0 N–H and O–H groups in total. The topological polar surface area (TPSA) is 26.3 Å². The SMILES string of the molecule is CC1(C)C(/C=C(\Cl)C(F)(F)F)C1C(=O)OC1Cc2cccc(-c3ccccc3)c2C1. The average molecular weight is 435 g/mol. The number of alkyl halides is 3. The highest BCUT2D eigenvalue weighted by Gasteiger charge is 2.62. The van der Waals surface area contributed by atoms with E-state index >= 15 is 0 Å². The predicted molar refractivity (Wildman–Crippen MR) is 110 cm³/mol. The quantitative estimate of drug-likeness (QED) is 0.526. The molecular weight excluding hydrogens is 413 g/mol. The fraction of sp³-hybridized carbons (Fsp3) is 0.375. The number of ether oxygens (including phenoxy) is 1. The van der Waals surface area contributed by atoms with Crippen molar-refractivity contribution in [3.05, 3.63) is 70.8 Å². The number of benzene rings is 2. The third-order valence-electron chi connectivity index (χ3n) is 6.28. The molecule has 4 rings (SSSR count). The molecule has 0 amide bonds. The van der Waals surface area contributed by atoms with Crippen molar-refractivity contribution in [3.63, 3.8) is 0 Å². The van der Waals surface area contributed by atoms with Crippen LogP contribution in [0.2, 0.25) is 0 Å². The molecule has 3 unspecified atom stereocenters. The molecule has 0 aliphatic heterocycles. The van der Waals surface area contributed by atoms with E-state index in [1.807, 2.05) is 42.5 Å². The van der Waals surface area contributed by atoms with Gasteiger partial charge in [-0.3, -0.25) is 4.79 Å². The van der Waals surface area contributed by atoms with E-state index in [9.17, 15) is 18.0 Å². The third-order valence-corrected chi connectivity index (χ3v) is 6.62. The van der Waals surface area contributed by atoms with Crippen LogP contribution in [0.1, 0.15) is 25.0 Å². The van der Waals surface area contributed by atoms with Gasteiger partial charge in [0, 0.05) is 12.8 Å². The Morgan fingerprint density at radius 1 is 1.10 bits per heavy atom. The molecule has 1 fully saturated rings. The lowest BCUT2D eigenvalue weighted by Gasteiger charge is -2.12. The van der Waals surface area contributed by atoms with Crippen molar-refractivity contribution in [1.29, 1.82) is 0 Å². The Balaban J connectivity index is 1.47. The van der Waals surface area contributed by atoms with Gasteiger partial charge in [-0.1, -0.05) is 80.1 Å². The first-order valence-electron chi connectivity index (χ1n) is 9.90. The monoisotopic (exact) mass is 434 g/mol. The van der Waals surface area contributed by atoms with E-state index in [0.717, 1.165) is 28.3 Å². The van der Waals surface area contributed by atoms with Gasteiger partial charge < -0.3 is 4.74 Å². The van der Waals surface area contributed by atoms with Crippen molar-refractivity contribution >= 4 is 17.6 Å². The Hall–Kier alpha value is -2.27. The number of halogens is 4. The first-order chi connectivity index (χ1) is 14.1. The molecule has 0 aromatic heterocycles. The number of esters is 1. The van der Waals surface area contributed by atoms with Crippen LogP contribution in [0, 0.1) is 17.3 Å². The molecule has 30 heavy (non-hydrogen) atoms. The molecule has 2 aromatic carbocycles. The minimum Gasteiger partial charge on any atom is -0.461 e. The Bertz CT molecular complexity index is 995. The fourth-order valence-corrected chi connectivity index (χ4v) is 4.65. The molecule has 0 saturated heterocycles. The molecule has 2 nitrogen and oxygen atoms in total. The second-order valence-electron chi connectivity index (χ2n) is 8.61. The van der Waals surface area contributed by atoms with Gasteiger partial charge in [0.15, 0.2) is 0 Å². The zero-order valence-electron chi connectivity index (χ0n) is 16.7. The summed E-state index contributed by atoms with van der Waals surface area (Å²) in [7, 11) is 0. The average Bonchev–Trinajstić information content (AvgIpc) is 3.01. The minimum atomic E-state index is -4.60. The maximum Gasteiger partial charge on any atom is 0.426 e. The van der Waals surface area contributed by atoms with E-state index in [4.69, 9.17) is 16.3 Å². The largest absolute Gasteiger partial charge is 0.461 e. The number of fused-ring (bicyclic) bond motifs is 1. The van der Waals surface area contributed by atoms with Crippen LogP contribution in [0.15, 0.2) is 59.6 Å². The highest BCUT2D eigenvalue weighted by Crippen LogP contribution is 2.60. The van der Waals surface area contributed by atoms with Gasteiger partial charge in [-0.25, -0.2) is 0 Å². The van der Waals surface area contributed by atoms with Gasteiger partial charge >= 0.3 is 12.1 Å². The van der Waals surface area contributed by atoms with Crippen molar-refractivity contribution in [2.24, 2.45) is 17.3 Å². The highest BCUT2D eigenvalue weighted by atomic mass is 35.5. The van der Waals surface area contributed by atoms with Crippen LogP contribution < -0.4 is 0 Å². The van der Waals surface area contributed by atoms with Gasteiger partial charge in [0.25, 0.3) is 0 Å². The van der Waals surface area contributed by atoms with Gasteiger partial charge in [-0.05, 0) is 33.6 Å². The smallest absolute Gasteiger partial charge is 0.426 e. The summed E-state index contributed by atoms with van der Waals surface area (Å²) in [6, 6.07) is 16.1. The second-order valence-corrected chi connectivity index (χ2v) is 9.02. The molecule has 158 valence electrons. The zero-order chi connectivity index (χ0) is 21.7. The second kappa shape index (κ2) is 7.45. The van der Waals surface area contributed by atoms with Crippen molar-refractivity contribution in [2.75, 3.05) is 0 Å². The van der Waals surface area contributed by atoms with Gasteiger partial charge in [-0.15, -0.1) is 0 Å². The van der Waals surface area contributed by atoms with Crippen molar-refractivity contribution in [1.82, 2.24) is 0 Å². The number of allylic oxidation sites excluding steroid dienone is 2. The van der Waals surface area contributed by atoms with Gasteiger partial charge in [0.05, 0.1) is 5.92 Å². The van der Waals surface area contributed by atoms with E-state index in [0.29, 0.717) is 12.8 Å². The molecule has 3 atom stereocenters. The third kappa shape index (κ3) is 3.87. The van der Waals surface area contributed by atoms with Crippen LogP contribution in [-0.2, 0) is 22.4 Å². The Morgan fingerprint density at radius 3 is 2.47 bits per heavy atom. The fourth-order valence-electron chi connectivity index (χ4n) is 4.51. The van der Waals surface area contributed by atoms with Crippen molar-refractivity contribution in [3.8, 4) is 11.1 Å². The van der Waals surface area contributed by atoms with E-state index in [2.05, 4.69) is 6.07 Å². The molecular formula is C24H22ClF3O2. The lowest BCUT2D eigenvalue weighted by molar-refractivity contribution is -0.151. The maximum atomic E-state index is 12.8. The van der Waals surface area contributed by atoms with Crippen LogP contribution >= 0.6 is 11.6 Å². The number of hydrogen-bond acceptors (Lipinski definition) is 2. The molecule has 0 radical (unpaired) electrons. The Labute approximate surface area is 178 Å². The first kappa shape index (κ1) is 21.0. The minimum absolute atomic E-state index is 0.309. The molecule has 2 aliphatic rings. The molecule has 1 saturated carbocycles. The van der Waals surface area contributed by atoms with E-state index in [1.165, 1.54) is 0 Å². The first-order valence-corrected chi connectivity index (χ1v) is 10.3. The number of hydrogen-bond donors (Lipinski definition) is 0. The van der Waals surface area contributed by atoms with Crippen LogP contribution in [0.4, 0.5) is 13.2 Å². The number of rotatable bonds is 4. The Morgan fingerprint density at radius 2 is 1.80 bits per heavy atom. The van der Waals surface area contributed by atoms with Crippen molar-refractivity contribution < 1.29 is 22.7 Å². The van der Waals surface area contributed by atoms with E-state index in [1.54, 1.807) is 13.8 Å². The summed E-state index contributed by atoms with van der Waals surface area (Å²) in [4.78, 5) is 12.7. The van der Waals surface area contributed by atoms with Gasteiger partial charge in [-0.2, -0.15) is 13.2 Å². The molecule has 0 spiro atoms. The predicted octanol–water partition coefficient (Wildman–Crippen LogP) is 6.32. The van der Waals surface area contributed by atoms with Crippen molar-refractivity contribution in [2.45, 2.75) is 39.0 Å². The molecule has 2 aliphatic carbocycles. The molecule has 6 heteroatoms. The highest BCUT2D eigenvalue weighted by molar-refractivity contribution is 6.30. The number of carbonyl (C=O) groups excluding carboxylic acids is 1. The summed E-state index contributed by atoms with van der Waals surface area (Å²) < 4.78 is 44.0.